The Kier molecular flexibility index (Phi) is 8.41. The lowest BCUT2D eigenvalue weighted by atomic mass is 10.0. The fraction of sp³-hybridized carbons (Fsp3) is 0.267. The standard InChI is InChI=1S/C30H34N6O3/c1-7-27(37)32-25-16-24(19(2)15-20(25)11-10-14-35(3)4)33-30-31-17-22(29(38)39-6)28(34-30)23-18-36(5)26-13-9-8-12-21(23)26/h7-9,12-13,15-18H,1,10-11,14H2,2-6H3,(H,32,37)(H,31,33,34). The van der Waals surface area contributed by atoms with Crippen molar-refractivity contribution in [2.45, 2.75) is 19.8 Å². The summed E-state index contributed by atoms with van der Waals surface area (Å²) in [6, 6.07) is 11.9. The maximum atomic E-state index is 12.6. The molecule has 1 amide bonds. The molecule has 0 saturated carbocycles. The normalized spacial score (nSPS) is 11.0. The SMILES string of the molecule is C=CC(=O)Nc1cc(Nc2ncc(C(=O)OC)c(-c3cn(C)c4ccccc34)n2)c(C)cc1CCCN(C)C. The Morgan fingerprint density at radius 3 is 2.67 bits per heavy atom. The van der Waals surface area contributed by atoms with Crippen molar-refractivity contribution in [2.75, 3.05) is 38.4 Å². The molecular formula is C30H34N6O3. The van der Waals surface area contributed by atoms with E-state index < -0.39 is 5.97 Å². The lowest BCUT2D eigenvalue weighted by molar-refractivity contribution is -0.111. The molecule has 0 bridgehead atoms. The van der Waals surface area contributed by atoms with Gasteiger partial charge in [0, 0.05) is 47.3 Å². The number of esters is 1. The second kappa shape index (κ2) is 11.9. The monoisotopic (exact) mass is 526 g/mol. The highest BCUT2D eigenvalue weighted by Crippen LogP contribution is 2.33. The molecular weight excluding hydrogens is 492 g/mol. The largest absolute Gasteiger partial charge is 0.465 e. The number of fused-ring (bicyclic) bond motifs is 1. The predicted molar refractivity (Wildman–Crippen MR) is 155 cm³/mol. The van der Waals surface area contributed by atoms with Crippen LogP contribution in [0.3, 0.4) is 0 Å². The van der Waals surface area contributed by atoms with Gasteiger partial charge in [-0.05, 0) is 69.7 Å². The first-order chi connectivity index (χ1) is 18.7. The van der Waals surface area contributed by atoms with Crippen molar-refractivity contribution in [3.63, 3.8) is 0 Å². The van der Waals surface area contributed by atoms with Crippen LogP contribution in [0.25, 0.3) is 22.2 Å². The molecule has 0 unspecified atom stereocenters. The summed E-state index contributed by atoms with van der Waals surface area (Å²) in [6.07, 6.45) is 6.43. The Morgan fingerprint density at radius 2 is 1.95 bits per heavy atom. The second-order valence-electron chi connectivity index (χ2n) is 9.67. The van der Waals surface area contributed by atoms with Crippen molar-refractivity contribution >= 4 is 40.1 Å². The number of aromatic nitrogens is 3. The van der Waals surface area contributed by atoms with Crippen molar-refractivity contribution in [1.29, 1.82) is 0 Å². The third-order valence-electron chi connectivity index (χ3n) is 6.54. The quantitative estimate of drug-likeness (QED) is 0.219. The number of ether oxygens (including phenoxy) is 1. The highest BCUT2D eigenvalue weighted by Gasteiger charge is 2.21. The Balaban J connectivity index is 1.75. The summed E-state index contributed by atoms with van der Waals surface area (Å²) in [6.45, 7) is 6.50. The number of nitrogens with zero attached hydrogens (tertiary/aromatic N) is 4. The molecule has 4 aromatic rings. The minimum atomic E-state index is -0.517. The van der Waals surface area contributed by atoms with Crippen LogP contribution >= 0.6 is 0 Å². The summed E-state index contributed by atoms with van der Waals surface area (Å²) in [4.78, 5) is 36.1. The topological polar surface area (TPSA) is 101 Å². The molecule has 9 nitrogen and oxygen atoms in total. The van der Waals surface area contributed by atoms with Crippen molar-refractivity contribution in [1.82, 2.24) is 19.4 Å². The molecule has 202 valence electrons. The number of amides is 1. The van der Waals surface area contributed by atoms with Gasteiger partial charge in [-0.1, -0.05) is 30.8 Å². The molecule has 4 rings (SSSR count). The van der Waals surface area contributed by atoms with Crippen LogP contribution in [-0.2, 0) is 23.0 Å². The molecule has 0 saturated heterocycles. The average molecular weight is 527 g/mol. The first kappa shape index (κ1) is 27.5. The van der Waals surface area contributed by atoms with Gasteiger partial charge < -0.3 is 24.8 Å². The number of carbonyl (C=O) groups excluding carboxylic acids is 2. The summed E-state index contributed by atoms with van der Waals surface area (Å²) in [5, 5.41) is 7.18. The van der Waals surface area contributed by atoms with Crippen molar-refractivity contribution in [2.24, 2.45) is 7.05 Å². The van der Waals surface area contributed by atoms with Crippen molar-refractivity contribution in [3.05, 3.63) is 78.1 Å². The molecule has 9 heteroatoms. The van der Waals surface area contributed by atoms with Gasteiger partial charge in [0.15, 0.2) is 0 Å². The van der Waals surface area contributed by atoms with E-state index in [1.807, 2.05) is 69.2 Å². The van der Waals surface area contributed by atoms with E-state index in [4.69, 9.17) is 9.72 Å². The molecule has 2 N–H and O–H groups in total. The fourth-order valence-corrected chi connectivity index (χ4v) is 4.55. The van der Waals surface area contributed by atoms with Crippen LogP contribution in [0, 0.1) is 6.92 Å². The molecule has 0 atom stereocenters. The van der Waals surface area contributed by atoms with Gasteiger partial charge in [-0.3, -0.25) is 4.79 Å². The Hall–Kier alpha value is -4.50. The molecule has 39 heavy (non-hydrogen) atoms. The third kappa shape index (κ3) is 6.15. The minimum absolute atomic E-state index is 0.270. The van der Waals surface area contributed by atoms with Gasteiger partial charge in [0.05, 0.1) is 12.8 Å². The number of aryl methyl sites for hydroxylation is 3. The summed E-state index contributed by atoms with van der Waals surface area (Å²) in [5.41, 5.74) is 5.99. The highest BCUT2D eigenvalue weighted by atomic mass is 16.5. The molecule has 0 fully saturated rings. The third-order valence-corrected chi connectivity index (χ3v) is 6.54. The zero-order valence-corrected chi connectivity index (χ0v) is 23.0. The van der Waals surface area contributed by atoms with Crippen LogP contribution in [0.4, 0.5) is 17.3 Å². The lowest BCUT2D eigenvalue weighted by Crippen LogP contribution is -2.15. The van der Waals surface area contributed by atoms with Gasteiger partial charge in [-0.15, -0.1) is 0 Å². The van der Waals surface area contributed by atoms with E-state index in [1.54, 1.807) is 0 Å². The first-order valence-corrected chi connectivity index (χ1v) is 12.7. The Bertz CT molecular complexity index is 1540. The fourth-order valence-electron chi connectivity index (χ4n) is 4.55. The smallest absolute Gasteiger partial charge is 0.341 e. The molecule has 0 aliphatic rings. The molecule has 2 aromatic carbocycles. The maximum Gasteiger partial charge on any atom is 0.341 e. The van der Waals surface area contributed by atoms with Crippen LogP contribution < -0.4 is 10.6 Å². The Labute approximate surface area is 228 Å². The highest BCUT2D eigenvalue weighted by molar-refractivity contribution is 6.03. The van der Waals surface area contributed by atoms with Crippen LogP contribution in [0.15, 0.2) is 61.4 Å². The summed E-state index contributed by atoms with van der Waals surface area (Å²) in [5.74, 6) is -0.484. The number of rotatable bonds is 10. The maximum absolute atomic E-state index is 12.6. The average Bonchev–Trinajstić information content (AvgIpc) is 3.26. The number of nitrogens with one attached hydrogen (secondary N) is 2. The summed E-state index contributed by atoms with van der Waals surface area (Å²) < 4.78 is 7.02. The molecule has 0 radical (unpaired) electrons. The zero-order valence-electron chi connectivity index (χ0n) is 23.0. The van der Waals surface area contributed by atoms with Crippen LogP contribution in [0.5, 0.6) is 0 Å². The van der Waals surface area contributed by atoms with Gasteiger partial charge in [-0.25, -0.2) is 14.8 Å². The molecule has 0 spiro atoms. The zero-order chi connectivity index (χ0) is 28.1. The van der Waals surface area contributed by atoms with Gasteiger partial charge in [-0.2, -0.15) is 0 Å². The van der Waals surface area contributed by atoms with Crippen molar-refractivity contribution in [3.8, 4) is 11.3 Å². The molecule has 2 heterocycles. The van der Waals surface area contributed by atoms with Crippen LogP contribution in [0.1, 0.15) is 27.9 Å². The Morgan fingerprint density at radius 1 is 1.18 bits per heavy atom. The van der Waals surface area contributed by atoms with E-state index in [-0.39, 0.29) is 11.5 Å². The number of carbonyl (C=O) groups is 2. The molecule has 0 aliphatic heterocycles. The number of hydrogen-bond donors (Lipinski definition) is 2. The van der Waals surface area contributed by atoms with E-state index in [1.165, 1.54) is 19.4 Å². The van der Waals surface area contributed by atoms with Gasteiger partial charge in [0.2, 0.25) is 11.9 Å². The summed E-state index contributed by atoms with van der Waals surface area (Å²) >= 11 is 0. The number of hydrogen-bond acceptors (Lipinski definition) is 7. The number of methoxy groups -OCH3 is 1. The van der Waals surface area contributed by atoms with E-state index in [2.05, 4.69) is 33.2 Å². The van der Waals surface area contributed by atoms with Crippen LogP contribution in [-0.4, -0.2) is 59.1 Å². The van der Waals surface area contributed by atoms with E-state index in [9.17, 15) is 9.59 Å². The number of benzene rings is 2. The van der Waals surface area contributed by atoms with E-state index in [0.29, 0.717) is 17.3 Å². The molecule has 0 aliphatic carbocycles. The van der Waals surface area contributed by atoms with Gasteiger partial charge >= 0.3 is 5.97 Å². The number of para-hydroxylation sites is 1. The molecule has 2 aromatic heterocycles. The summed E-state index contributed by atoms with van der Waals surface area (Å²) in [7, 11) is 7.36. The second-order valence-corrected chi connectivity index (χ2v) is 9.67. The van der Waals surface area contributed by atoms with E-state index >= 15 is 0 Å². The predicted octanol–water partition coefficient (Wildman–Crippen LogP) is 5.09. The first-order valence-electron chi connectivity index (χ1n) is 12.7. The lowest BCUT2D eigenvalue weighted by Gasteiger charge is -2.17. The van der Waals surface area contributed by atoms with E-state index in [0.717, 1.165) is 52.7 Å². The van der Waals surface area contributed by atoms with Crippen molar-refractivity contribution < 1.29 is 14.3 Å². The van der Waals surface area contributed by atoms with Gasteiger partial charge in [0.1, 0.15) is 5.56 Å². The minimum Gasteiger partial charge on any atom is -0.465 e. The number of anilines is 3. The van der Waals surface area contributed by atoms with Gasteiger partial charge in [0.25, 0.3) is 0 Å². The van der Waals surface area contributed by atoms with Crippen LogP contribution in [0.2, 0.25) is 0 Å².